The molecule has 3 rings (SSSR count). The van der Waals surface area contributed by atoms with Gasteiger partial charge in [0.15, 0.2) is 0 Å². The van der Waals surface area contributed by atoms with Crippen LogP contribution in [0.2, 0.25) is 10.0 Å². The molecule has 2 saturated carbocycles. The van der Waals surface area contributed by atoms with Crippen LogP contribution in [0.5, 0.6) is 0 Å². The van der Waals surface area contributed by atoms with Gasteiger partial charge in [-0.15, -0.1) is 0 Å². The number of benzene rings is 1. The molecular formula is C19H23Cl2N3O4. The molecule has 28 heavy (non-hydrogen) atoms. The number of urea groups is 1. The molecule has 0 aromatic heterocycles. The van der Waals surface area contributed by atoms with Crippen LogP contribution in [0.4, 0.5) is 4.79 Å². The minimum Gasteiger partial charge on any atom is -0.480 e. The summed E-state index contributed by atoms with van der Waals surface area (Å²) in [5, 5.41) is 17.1. The molecule has 2 aliphatic rings. The van der Waals surface area contributed by atoms with Gasteiger partial charge in [0.1, 0.15) is 6.04 Å². The van der Waals surface area contributed by atoms with Gasteiger partial charge < -0.3 is 21.1 Å². The molecule has 0 saturated heterocycles. The van der Waals surface area contributed by atoms with E-state index in [9.17, 15) is 19.5 Å². The first-order valence-electron chi connectivity index (χ1n) is 9.29. The van der Waals surface area contributed by atoms with E-state index in [0.717, 1.165) is 12.8 Å². The molecular weight excluding hydrogens is 405 g/mol. The standard InChI is InChI=1S/C19H23Cl2N3O4/c20-12-3-1-4-13(21)15(12)16(25)24-14(17(26)27)10-23-18(28)22-9-11-7-19(8-11)5-2-6-19/h1,3-4,11,14H,2,5-10H2,(H,24,25)(H,26,27)(H2,22,23,28)/t14-/m0/s1. The van der Waals surface area contributed by atoms with Gasteiger partial charge in [-0.3, -0.25) is 4.79 Å². The molecule has 0 bridgehead atoms. The number of halogens is 2. The summed E-state index contributed by atoms with van der Waals surface area (Å²) >= 11 is 11.9. The summed E-state index contributed by atoms with van der Waals surface area (Å²) in [5.74, 6) is -1.50. The molecule has 2 fully saturated rings. The van der Waals surface area contributed by atoms with E-state index in [0.29, 0.717) is 17.9 Å². The van der Waals surface area contributed by atoms with Crippen molar-refractivity contribution in [2.45, 2.75) is 38.1 Å². The van der Waals surface area contributed by atoms with Crippen molar-refractivity contribution in [1.29, 1.82) is 0 Å². The minimum atomic E-state index is -1.31. The number of carboxylic acids is 1. The first-order chi connectivity index (χ1) is 13.3. The van der Waals surface area contributed by atoms with Crippen LogP contribution in [0.25, 0.3) is 0 Å². The number of carbonyl (C=O) groups is 3. The lowest BCUT2D eigenvalue weighted by Gasteiger charge is -2.54. The zero-order valence-corrected chi connectivity index (χ0v) is 16.8. The normalized spacial score (nSPS) is 18.5. The molecule has 152 valence electrons. The summed E-state index contributed by atoms with van der Waals surface area (Å²) in [5.41, 5.74) is 0.540. The van der Waals surface area contributed by atoms with E-state index >= 15 is 0 Å². The van der Waals surface area contributed by atoms with Gasteiger partial charge in [-0.1, -0.05) is 35.7 Å². The third kappa shape index (κ3) is 4.70. The maximum Gasteiger partial charge on any atom is 0.328 e. The lowest BCUT2D eigenvalue weighted by Crippen LogP contribution is -2.52. The van der Waals surface area contributed by atoms with E-state index in [1.807, 2.05) is 0 Å². The van der Waals surface area contributed by atoms with Crippen molar-refractivity contribution in [3.63, 3.8) is 0 Å². The molecule has 1 spiro atoms. The minimum absolute atomic E-state index is 0.00329. The van der Waals surface area contributed by atoms with E-state index in [4.69, 9.17) is 23.2 Å². The van der Waals surface area contributed by atoms with Gasteiger partial charge in [0.25, 0.3) is 5.91 Å². The third-order valence-electron chi connectivity index (χ3n) is 5.67. The highest BCUT2D eigenvalue weighted by molar-refractivity contribution is 6.39. The Labute approximate surface area is 173 Å². The summed E-state index contributed by atoms with van der Waals surface area (Å²) in [4.78, 5) is 35.7. The Balaban J connectivity index is 1.44. The van der Waals surface area contributed by atoms with E-state index in [2.05, 4.69) is 16.0 Å². The van der Waals surface area contributed by atoms with E-state index in [1.165, 1.54) is 31.4 Å². The smallest absolute Gasteiger partial charge is 0.328 e. The van der Waals surface area contributed by atoms with Gasteiger partial charge in [-0.2, -0.15) is 0 Å². The number of amides is 3. The molecule has 0 heterocycles. The Bertz CT molecular complexity index is 754. The highest BCUT2D eigenvalue weighted by atomic mass is 35.5. The predicted molar refractivity (Wildman–Crippen MR) is 106 cm³/mol. The predicted octanol–water partition coefficient (Wildman–Crippen LogP) is 3.06. The van der Waals surface area contributed by atoms with Crippen LogP contribution in [-0.4, -0.2) is 42.1 Å². The Kier molecular flexibility index (Phi) is 6.35. The Hall–Kier alpha value is -1.99. The summed E-state index contributed by atoms with van der Waals surface area (Å²) < 4.78 is 0. The van der Waals surface area contributed by atoms with E-state index < -0.39 is 23.9 Å². The molecule has 0 aliphatic heterocycles. The molecule has 2 aliphatic carbocycles. The van der Waals surface area contributed by atoms with Crippen molar-refractivity contribution in [3.05, 3.63) is 33.8 Å². The fourth-order valence-corrected chi connectivity index (χ4v) is 4.60. The average Bonchev–Trinajstić information content (AvgIpc) is 2.55. The summed E-state index contributed by atoms with van der Waals surface area (Å²) in [7, 11) is 0. The maximum atomic E-state index is 12.3. The van der Waals surface area contributed by atoms with E-state index in [-0.39, 0.29) is 22.2 Å². The Morgan fingerprint density at radius 3 is 2.32 bits per heavy atom. The highest BCUT2D eigenvalue weighted by Crippen LogP contribution is 2.58. The van der Waals surface area contributed by atoms with Gasteiger partial charge in [0, 0.05) is 6.54 Å². The molecule has 1 atom stereocenters. The lowest BCUT2D eigenvalue weighted by atomic mass is 9.52. The molecule has 9 heteroatoms. The fourth-order valence-electron chi connectivity index (χ4n) is 4.03. The number of nitrogens with one attached hydrogen (secondary N) is 3. The number of carbonyl (C=O) groups excluding carboxylic acids is 2. The fraction of sp³-hybridized carbons (Fsp3) is 0.526. The number of aliphatic carboxylic acids is 1. The monoisotopic (exact) mass is 427 g/mol. The van der Waals surface area contributed by atoms with Crippen molar-refractivity contribution in [3.8, 4) is 0 Å². The Morgan fingerprint density at radius 1 is 1.14 bits per heavy atom. The van der Waals surface area contributed by atoms with Gasteiger partial charge in [0.2, 0.25) is 0 Å². The second kappa shape index (κ2) is 8.57. The van der Waals surface area contributed by atoms with Gasteiger partial charge in [-0.05, 0) is 49.1 Å². The lowest BCUT2D eigenvalue weighted by molar-refractivity contribution is -0.139. The largest absolute Gasteiger partial charge is 0.480 e. The molecule has 0 radical (unpaired) electrons. The molecule has 7 nitrogen and oxygen atoms in total. The number of rotatable bonds is 7. The van der Waals surface area contributed by atoms with Crippen LogP contribution in [0.1, 0.15) is 42.5 Å². The highest BCUT2D eigenvalue weighted by Gasteiger charge is 2.47. The van der Waals surface area contributed by atoms with Gasteiger partial charge in [0.05, 0.1) is 22.2 Å². The topological polar surface area (TPSA) is 108 Å². The molecule has 1 aromatic rings. The van der Waals surface area contributed by atoms with Crippen LogP contribution in [0.15, 0.2) is 18.2 Å². The van der Waals surface area contributed by atoms with Crippen molar-refractivity contribution in [2.75, 3.05) is 13.1 Å². The maximum absolute atomic E-state index is 12.3. The van der Waals surface area contributed by atoms with Crippen molar-refractivity contribution < 1.29 is 19.5 Å². The van der Waals surface area contributed by atoms with Crippen LogP contribution in [0.3, 0.4) is 0 Å². The summed E-state index contributed by atoms with van der Waals surface area (Å²) in [6.07, 6.45) is 6.21. The van der Waals surface area contributed by atoms with E-state index in [1.54, 1.807) is 6.07 Å². The number of carboxylic acid groups (broad SMARTS) is 1. The summed E-state index contributed by atoms with van der Waals surface area (Å²) in [6, 6.07) is 2.78. The zero-order valence-electron chi connectivity index (χ0n) is 15.3. The van der Waals surface area contributed by atoms with Crippen LogP contribution in [-0.2, 0) is 4.79 Å². The molecule has 0 unspecified atom stereocenters. The Morgan fingerprint density at radius 2 is 1.79 bits per heavy atom. The van der Waals surface area contributed by atoms with Crippen molar-refractivity contribution in [1.82, 2.24) is 16.0 Å². The second-order valence-electron chi connectivity index (χ2n) is 7.68. The van der Waals surface area contributed by atoms with Crippen molar-refractivity contribution in [2.24, 2.45) is 11.3 Å². The molecule has 3 amide bonds. The first kappa shape index (κ1) is 20.7. The van der Waals surface area contributed by atoms with Crippen LogP contribution >= 0.6 is 23.2 Å². The zero-order chi connectivity index (χ0) is 20.3. The first-order valence-corrected chi connectivity index (χ1v) is 10.0. The third-order valence-corrected chi connectivity index (χ3v) is 6.30. The second-order valence-corrected chi connectivity index (χ2v) is 8.49. The molecule has 1 aromatic carbocycles. The van der Waals surface area contributed by atoms with Crippen LogP contribution in [0, 0.1) is 11.3 Å². The van der Waals surface area contributed by atoms with Crippen LogP contribution < -0.4 is 16.0 Å². The quantitative estimate of drug-likeness (QED) is 0.536. The van der Waals surface area contributed by atoms with Gasteiger partial charge in [-0.25, -0.2) is 9.59 Å². The number of hydrogen-bond acceptors (Lipinski definition) is 3. The van der Waals surface area contributed by atoms with Gasteiger partial charge >= 0.3 is 12.0 Å². The SMILES string of the molecule is O=C(NCC1CC2(CCC2)C1)NC[C@H](NC(=O)c1c(Cl)cccc1Cl)C(=O)O. The average molecular weight is 428 g/mol. The summed E-state index contributed by atoms with van der Waals surface area (Å²) in [6.45, 7) is 0.316. The number of hydrogen-bond donors (Lipinski definition) is 4. The van der Waals surface area contributed by atoms with Crippen molar-refractivity contribution >= 4 is 41.1 Å². The molecule has 4 N–H and O–H groups in total.